The minimum Gasteiger partial charge on any atom is -0.497 e. The molecule has 0 N–H and O–H groups in total. The van der Waals surface area contributed by atoms with Crippen LogP contribution >= 0.6 is 23.4 Å². The fraction of sp³-hybridized carbons (Fsp3) is 0.300. The van der Waals surface area contributed by atoms with E-state index in [-0.39, 0.29) is 5.82 Å². The largest absolute Gasteiger partial charge is 0.497 e. The Morgan fingerprint density at radius 2 is 1.89 bits per heavy atom. The summed E-state index contributed by atoms with van der Waals surface area (Å²) in [5.74, 6) is 2.07. The van der Waals surface area contributed by atoms with E-state index in [1.54, 1.807) is 19.2 Å². The van der Waals surface area contributed by atoms with Gasteiger partial charge in [0, 0.05) is 28.4 Å². The molecular formula is C20H21ClFN3OS. The number of halogens is 2. The van der Waals surface area contributed by atoms with Crippen molar-refractivity contribution in [2.24, 2.45) is 5.92 Å². The lowest BCUT2D eigenvalue weighted by molar-refractivity contribution is 0.415. The van der Waals surface area contributed by atoms with Crippen LogP contribution in [0.1, 0.15) is 19.4 Å². The van der Waals surface area contributed by atoms with Gasteiger partial charge in [-0.3, -0.25) is 0 Å². The average molecular weight is 406 g/mol. The summed E-state index contributed by atoms with van der Waals surface area (Å²) in [6, 6.07) is 12.4. The maximum Gasteiger partial charge on any atom is 0.191 e. The Hall–Kier alpha value is -2.05. The average Bonchev–Trinajstić information content (AvgIpc) is 3.03. The number of benzene rings is 2. The van der Waals surface area contributed by atoms with Crippen LogP contribution in [0.5, 0.6) is 5.75 Å². The molecule has 0 aliphatic rings. The molecule has 0 aliphatic heterocycles. The van der Waals surface area contributed by atoms with Crippen LogP contribution in [0.15, 0.2) is 47.6 Å². The number of hydrogen-bond donors (Lipinski definition) is 0. The SMILES string of the molecule is COc1ccc(-c2nnc(SCc3c(F)cccc3Cl)n2CC(C)C)cc1. The molecule has 1 aromatic heterocycles. The molecule has 0 unspecified atom stereocenters. The lowest BCUT2D eigenvalue weighted by Gasteiger charge is -2.13. The van der Waals surface area contributed by atoms with Crippen molar-refractivity contribution in [3.05, 3.63) is 58.9 Å². The first-order valence-corrected chi connectivity index (χ1v) is 9.99. The molecule has 2 aromatic carbocycles. The second-order valence-electron chi connectivity index (χ2n) is 6.53. The minimum atomic E-state index is -0.305. The first-order chi connectivity index (χ1) is 13.0. The number of methoxy groups -OCH3 is 1. The van der Waals surface area contributed by atoms with Gasteiger partial charge in [-0.1, -0.05) is 43.3 Å². The quantitative estimate of drug-likeness (QED) is 0.473. The smallest absolute Gasteiger partial charge is 0.191 e. The predicted molar refractivity (Wildman–Crippen MR) is 108 cm³/mol. The molecule has 0 bridgehead atoms. The Morgan fingerprint density at radius 3 is 2.52 bits per heavy atom. The maximum atomic E-state index is 14.1. The third-order valence-corrected chi connectivity index (χ3v) is 5.37. The summed E-state index contributed by atoms with van der Waals surface area (Å²) in [5.41, 5.74) is 1.44. The first-order valence-electron chi connectivity index (χ1n) is 8.63. The second-order valence-corrected chi connectivity index (χ2v) is 7.88. The minimum absolute atomic E-state index is 0.305. The molecule has 7 heteroatoms. The molecule has 0 aliphatic carbocycles. The molecule has 0 fully saturated rings. The Morgan fingerprint density at radius 1 is 1.15 bits per heavy atom. The molecule has 3 rings (SSSR count). The van der Waals surface area contributed by atoms with Crippen LogP contribution in [0.4, 0.5) is 4.39 Å². The molecule has 3 aromatic rings. The highest BCUT2D eigenvalue weighted by Crippen LogP contribution is 2.31. The van der Waals surface area contributed by atoms with Crippen LogP contribution in [0.2, 0.25) is 5.02 Å². The van der Waals surface area contributed by atoms with Crippen molar-refractivity contribution in [2.75, 3.05) is 7.11 Å². The van der Waals surface area contributed by atoms with E-state index in [2.05, 4.69) is 28.6 Å². The summed E-state index contributed by atoms with van der Waals surface area (Å²) < 4.78 is 21.3. The monoisotopic (exact) mass is 405 g/mol. The standard InChI is InChI=1S/C20H21ClFN3OS/c1-13(2)11-25-19(14-7-9-15(26-3)10-8-14)23-24-20(25)27-12-16-17(21)5-4-6-18(16)22/h4-10,13H,11-12H2,1-3H3. The summed E-state index contributed by atoms with van der Waals surface area (Å²) in [5, 5.41) is 9.89. The number of thioether (sulfide) groups is 1. The summed E-state index contributed by atoms with van der Waals surface area (Å²) in [6.45, 7) is 5.04. The highest BCUT2D eigenvalue weighted by atomic mass is 35.5. The molecule has 0 amide bonds. The highest BCUT2D eigenvalue weighted by molar-refractivity contribution is 7.98. The summed E-state index contributed by atoms with van der Waals surface area (Å²) in [4.78, 5) is 0. The predicted octanol–water partition coefficient (Wildman–Crippen LogP) is 5.69. The summed E-state index contributed by atoms with van der Waals surface area (Å²) in [7, 11) is 1.64. The van der Waals surface area contributed by atoms with E-state index in [1.165, 1.54) is 17.8 Å². The van der Waals surface area contributed by atoms with Gasteiger partial charge in [-0.2, -0.15) is 0 Å². The van der Waals surface area contributed by atoms with Gasteiger partial charge in [-0.05, 0) is 42.3 Å². The van der Waals surface area contributed by atoms with Crippen molar-refractivity contribution in [3.63, 3.8) is 0 Å². The van der Waals surface area contributed by atoms with Gasteiger partial charge >= 0.3 is 0 Å². The van der Waals surface area contributed by atoms with E-state index in [0.717, 1.165) is 28.8 Å². The van der Waals surface area contributed by atoms with E-state index in [9.17, 15) is 4.39 Å². The molecular weight excluding hydrogens is 385 g/mol. The molecule has 0 saturated carbocycles. The van der Waals surface area contributed by atoms with E-state index < -0.39 is 0 Å². The molecule has 4 nitrogen and oxygen atoms in total. The van der Waals surface area contributed by atoms with Gasteiger partial charge in [0.1, 0.15) is 11.6 Å². The second kappa shape index (κ2) is 8.76. The van der Waals surface area contributed by atoms with Crippen molar-refractivity contribution in [2.45, 2.75) is 31.3 Å². The summed E-state index contributed by atoms with van der Waals surface area (Å²) in [6.07, 6.45) is 0. The molecule has 142 valence electrons. The Balaban J connectivity index is 1.90. The van der Waals surface area contributed by atoms with Gasteiger partial charge in [0.2, 0.25) is 0 Å². The lowest BCUT2D eigenvalue weighted by Crippen LogP contribution is -2.08. The first kappa shape index (κ1) is 19.7. The highest BCUT2D eigenvalue weighted by Gasteiger charge is 2.17. The van der Waals surface area contributed by atoms with Crippen molar-refractivity contribution in [3.8, 4) is 17.1 Å². The zero-order chi connectivity index (χ0) is 19.4. The third kappa shape index (κ3) is 4.62. The maximum absolute atomic E-state index is 14.1. The van der Waals surface area contributed by atoms with Gasteiger partial charge in [-0.25, -0.2) is 4.39 Å². The van der Waals surface area contributed by atoms with E-state index in [0.29, 0.717) is 22.3 Å². The number of ether oxygens (including phenoxy) is 1. The number of aromatic nitrogens is 3. The molecule has 27 heavy (non-hydrogen) atoms. The number of hydrogen-bond acceptors (Lipinski definition) is 4. The normalized spacial score (nSPS) is 11.2. The van der Waals surface area contributed by atoms with Crippen molar-refractivity contribution in [1.82, 2.24) is 14.8 Å². The molecule has 0 spiro atoms. The molecule has 0 atom stereocenters. The van der Waals surface area contributed by atoms with Gasteiger partial charge in [0.15, 0.2) is 11.0 Å². The van der Waals surface area contributed by atoms with Crippen LogP contribution < -0.4 is 4.74 Å². The van der Waals surface area contributed by atoms with Crippen LogP contribution in [0.3, 0.4) is 0 Å². The Kier molecular flexibility index (Phi) is 6.39. The van der Waals surface area contributed by atoms with Crippen LogP contribution in [-0.2, 0) is 12.3 Å². The summed E-state index contributed by atoms with van der Waals surface area (Å²) >= 11 is 7.58. The van der Waals surface area contributed by atoms with Crippen LogP contribution in [-0.4, -0.2) is 21.9 Å². The Bertz CT molecular complexity index is 892. The number of rotatable bonds is 7. The molecule has 1 heterocycles. The lowest BCUT2D eigenvalue weighted by atomic mass is 10.2. The van der Waals surface area contributed by atoms with Crippen LogP contribution in [0.25, 0.3) is 11.4 Å². The topological polar surface area (TPSA) is 39.9 Å². The number of nitrogens with zero attached hydrogens (tertiary/aromatic N) is 3. The van der Waals surface area contributed by atoms with Gasteiger partial charge in [0.05, 0.1) is 7.11 Å². The van der Waals surface area contributed by atoms with Crippen LogP contribution in [0, 0.1) is 11.7 Å². The zero-order valence-corrected chi connectivity index (χ0v) is 17.0. The van der Waals surface area contributed by atoms with Gasteiger partial charge < -0.3 is 9.30 Å². The molecule has 0 saturated heterocycles. The van der Waals surface area contributed by atoms with E-state index >= 15 is 0 Å². The van der Waals surface area contributed by atoms with Crippen molar-refractivity contribution in [1.29, 1.82) is 0 Å². The fourth-order valence-electron chi connectivity index (χ4n) is 2.69. The van der Waals surface area contributed by atoms with Gasteiger partial charge in [0.25, 0.3) is 0 Å². The third-order valence-electron chi connectivity index (χ3n) is 4.02. The van der Waals surface area contributed by atoms with Crippen molar-refractivity contribution < 1.29 is 9.13 Å². The van der Waals surface area contributed by atoms with E-state index in [1.807, 2.05) is 24.3 Å². The van der Waals surface area contributed by atoms with Gasteiger partial charge in [-0.15, -0.1) is 10.2 Å². The molecule has 0 radical (unpaired) electrons. The zero-order valence-electron chi connectivity index (χ0n) is 15.4. The van der Waals surface area contributed by atoms with Crippen molar-refractivity contribution >= 4 is 23.4 Å². The fourth-order valence-corrected chi connectivity index (χ4v) is 3.98. The van der Waals surface area contributed by atoms with E-state index in [4.69, 9.17) is 16.3 Å². The Labute approximate surface area is 167 Å².